The van der Waals surface area contributed by atoms with E-state index in [1.165, 1.54) is 4.90 Å². The highest BCUT2D eigenvalue weighted by atomic mass is 16.5. The molecule has 0 spiro atoms. The lowest BCUT2D eigenvalue weighted by molar-refractivity contribution is -0.140. The van der Waals surface area contributed by atoms with E-state index in [0.717, 1.165) is 47.5 Å². The Morgan fingerprint density at radius 2 is 1.81 bits per heavy atom. The smallest absolute Gasteiger partial charge is 0.295 e. The highest BCUT2D eigenvalue weighted by molar-refractivity contribution is 6.46. The Labute approximate surface area is 217 Å². The lowest BCUT2D eigenvalue weighted by atomic mass is 9.94. The average Bonchev–Trinajstić information content (AvgIpc) is 3.40. The van der Waals surface area contributed by atoms with Gasteiger partial charge in [-0.15, -0.1) is 0 Å². The third kappa shape index (κ3) is 4.96. The molecule has 3 aromatic carbocycles. The minimum atomic E-state index is -0.728. The van der Waals surface area contributed by atoms with Crippen LogP contribution in [-0.4, -0.2) is 34.4 Å². The fraction of sp³-hybridized carbons (Fsp3) is 0.290. The molecule has 2 aliphatic heterocycles. The van der Waals surface area contributed by atoms with Gasteiger partial charge in [0.1, 0.15) is 23.4 Å². The van der Waals surface area contributed by atoms with Crippen molar-refractivity contribution >= 4 is 17.4 Å². The van der Waals surface area contributed by atoms with E-state index in [4.69, 9.17) is 9.47 Å². The normalized spacial score (nSPS) is 20.1. The van der Waals surface area contributed by atoms with Crippen LogP contribution in [0.15, 0.2) is 78.4 Å². The maximum absolute atomic E-state index is 13.4. The Bertz CT molecular complexity index is 1330. The van der Waals surface area contributed by atoms with Gasteiger partial charge in [-0.3, -0.25) is 9.59 Å². The van der Waals surface area contributed by atoms with Gasteiger partial charge in [-0.05, 0) is 60.4 Å². The van der Waals surface area contributed by atoms with Gasteiger partial charge in [0.2, 0.25) is 0 Å². The number of ether oxygens (including phenoxy) is 2. The molecule has 2 aliphatic rings. The van der Waals surface area contributed by atoms with Gasteiger partial charge in [0.15, 0.2) is 0 Å². The summed E-state index contributed by atoms with van der Waals surface area (Å²) in [4.78, 5) is 28.2. The number of hydrogen-bond acceptors (Lipinski definition) is 5. The maximum atomic E-state index is 13.4. The van der Waals surface area contributed by atoms with Crippen molar-refractivity contribution in [1.29, 1.82) is 0 Å². The van der Waals surface area contributed by atoms with Gasteiger partial charge in [-0.2, -0.15) is 0 Å². The molecule has 37 heavy (non-hydrogen) atoms. The molecule has 0 radical (unpaired) electrons. The molecular formula is C31H31NO5. The summed E-state index contributed by atoms with van der Waals surface area (Å²) in [5.74, 6) is 0.0156. The summed E-state index contributed by atoms with van der Waals surface area (Å²) in [6.07, 6.45) is 2.78. The Morgan fingerprint density at radius 3 is 2.54 bits per heavy atom. The van der Waals surface area contributed by atoms with Crippen molar-refractivity contribution in [3.8, 4) is 11.5 Å². The van der Waals surface area contributed by atoms with Crippen LogP contribution in [0.5, 0.6) is 11.5 Å². The number of aliphatic hydroxyl groups excluding tert-OH is 1. The molecule has 0 aromatic heterocycles. The number of aliphatic hydroxyl groups is 1. The quantitative estimate of drug-likeness (QED) is 0.184. The number of hydrogen-bond donors (Lipinski definition) is 1. The SMILES string of the molecule is CCCCOc1ccc(C2/C(=C(/O)c3ccc4c(c3)CC(C)O4)C(=O)C(=O)N2Cc2ccccc2)cc1. The molecule has 6 heteroatoms. The molecule has 2 unspecified atom stereocenters. The molecule has 1 N–H and O–H groups in total. The predicted molar refractivity (Wildman–Crippen MR) is 141 cm³/mol. The largest absolute Gasteiger partial charge is 0.507 e. The molecule has 5 rings (SSSR count). The number of Topliss-reactive ketones (excluding diaryl/α,β-unsaturated/α-hetero) is 1. The highest BCUT2D eigenvalue weighted by Crippen LogP contribution is 2.41. The van der Waals surface area contributed by atoms with Gasteiger partial charge >= 0.3 is 0 Å². The molecule has 1 saturated heterocycles. The van der Waals surface area contributed by atoms with Crippen molar-refractivity contribution in [2.75, 3.05) is 6.61 Å². The van der Waals surface area contributed by atoms with Crippen molar-refractivity contribution in [2.45, 2.75) is 51.8 Å². The van der Waals surface area contributed by atoms with E-state index in [1.807, 2.05) is 73.7 Å². The Morgan fingerprint density at radius 1 is 1.05 bits per heavy atom. The van der Waals surface area contributed by atoms with Crippen molar-refractivity contribution < 1.29 is 24.2 Å². The van der Waals surface area contributed by atoms with Crippen LogP contribution >= 0.6 is 0 Å². The van der Waals surface area contributed by atoms with E-state index >= 15 is 0 Å². The molecule has 0 saturated carbocycles. The van der Waals surface area contributed by atoms with Gasteiger partial charge in [0, 0.05) is 18.5 Å². The zero-order valence-electron chi connectivity index (χ0n) is 21.1. The van der Waals surface area contributed by atoms with Gasteiger partial charge in [-0.25, -0.2) is 0 Å². The molecule has 6 nitrogen and oxygen atoms in total. The van der Waals surface area contributed by atoms with Gasteiger partial charge in [-0.1, -0.05) is 55.8 Å². The van der Waals surface area contributed by atoms with Crippen molar-refractivity contribution in [2.24, 2.45) is 0 Å². The van der Waals surface area contributed by atoms with Gasteiger partial charge in [0.05, 0.1) is 18.2 Å². The van der Waals surface area contributed by atoms with Crippen LogP contribution in [0.25, 0.3) is 5.76 Å². The molecule has 3 aromatic rings. The average molecular weight is 498 g/mol. The minimum Gasteiger partial charge on any atom is -0.507 e. The Balaban J connectivity index is 1.56. The number of nitrogens with zero attached hydrogens (tertiary/aromatic N) is 1. The summed E-state index contributed by atoms with van der Waals surface area (Å²) in [6.45, 7) is 4.97. The Hall–Kier alpha value is -4.06. The molecule has 190 valence electrons. The summed E-state index contributed by atoms with van der Waals surface area (Å²) in [5, 5.41) is 11.4. The van der Waals surface area contributed by atoms with Crippen LogP contribution < -0.4 is 9.47 Å². The molecular weight excluding hydrogens is 466 g/mol. The first-order valence-corrected chi connectivity index (χ1v) is 12.8. The van der Waals surface area contributed by atoms with Crippen LogP contribution in [0.4, 0.5) is 0 Å². The van der Waals surface area contributed by atoms with E-state index in [9.17, 15) is 14.7 Å². The van der Waals surface area contributed by atoms with Crippen LogP contribution in [0.1, 0.15) is 55.0 Å². The molecule has 1 fully saturated rings. The number of rotatable bonds is 8. The number of fused-ring (bicyclic) bond motifs is 1. The second-order valence-corrected chi connectivity index (χ2v) is 9.64. The predicted octanol–water partition coefficient (Wildman–Crippen LogP) is 5.81. The third-order valence-corrected chi connectivity index (χ3v) is 6.87. The fourth-order valence-electron chi connectivity index (χ4n) is 4.98. The first kappa shape index (κ1) is 24.6. The number of benzene rings is 3. The van der Waals surface area contributed by atoms with E-state index in [1.54, 1.807) is 6.07 Å². The summed E-state index contributed by atoms with van der Waals surface area (Å²) in [7, 11) is 0. The van der Waals surface area contributed by atoms with Crippen molar-refractivity contribution in [1.82, 2.24) is 4.90 Å². The monoisotopic (exact) mass is 497 g/mol. The molecule has 1 amide bonds. The summed E-state index contributed by atoms with van der Waals surface area (Å²) in [5.41, 5.74) is 3.20. The van der Waals surface area contributed by atoms with E-state index < -0.39 is 17.7 Å². The zero-order chi connectivity index (χ0) is 25.9. The van der Waals surface area contributed by atoms with E-state index in [2.05, 4.69) is 6.92 Å². The number of carbonyl (C=O) groups excluding carboxylic acids is 2. The van der Waals surface area contributed by atoms with Gasteiger partial charge in [0.25, 0.3) is 11.7 Å². The van der Waals surface area contributed by atoms with E-state index in [-0.39, 0.29) is 24.0 Å². The van der Waals surface area contributed by atoms with Crippen LogP contribution in [-0.2, 0) is 22.6 Å². The lowest BCUT2D eigenvalue weighted by Gasteiger charge is -2.25. The number of amides is 1. The molecule has 0 aliphatic carbocycles. The topological polar surface area (TPSA) is 76.1 Å². The van der Waals surface area contributed by atoms with Crippen molar-refractivity contribution in [3.05, 3.63) is 101 Å². The molecule has 0 bridgehead atoms. The molecule has 2 heterocycles. The van der Waals surface area contributed by atoms with Crippen molar-refractivity contribution in [3.63, 3.8) is 0 Å². The second-order valence-electron chi connectivity index (χ2n) is 9.64. The number of ketones is 1. The fourth-order valence-corrected chi connectivity index (χ4v) is 4.98. The summed E-state index contributed by atoms with van der Waals surface area (Å²) in [6, 6.07) is 21.6. The molecule has 2 atom stereocenters. The third-order valence-electron chi connectivity index (χ3n) is 6.87. The Kier molecular flexibility index (Phi) is 6.99. The maximum Gasteiger partial charge on any atom is 0.295 e. The number of carbonyl (C=O) groups is 2. The zero-order valence-corrected chi connectivity index (χ0v) is 21.1. The van der Waals surface area contributed by atoms with Crippen LogP contribution in [0, 0.1) is 0 Å². The van der Waals surface area contributed by atoms with Gasteiger partial charge < -0.3 is 19.5 Å². The second kappa shape index (κ2) is 10.5. The number of unbranched alkanes of at least 4 members (excludes halogenated alkanes) is 1. The first-order chi connectivity index (χ1) is 18.0. The lowest BCUT2D eigenvalue weighted by Crippen LogP contribution is -2.29. The summed E-state index contributed by atoms with van der Waals surface area (Å²) >= 11 is 0. The summed E-state index contributed by atoms with van der Waals surface area (Å²) < 4.78 is 11.6. The highest BCUT2D eigenvalue weighted by Gasteiger charge is 2.46. The standard InChI is InChI=1S/C31H31NO5/c1-3-4-16-36-25-13-10-22(11-14-25)28-27(29(33)23-12-15-26-24(18-23)17-20(2)37-26)30(34)31(35)32(28)19-21-8-6-5-7-9-21/h5-15,18,20,28,33H,3-4,16-17,19H2,1-2H3/b29-27-. The number of likely N-dealkylation sites (tertiary alicyclic amines) is 1. The van der Waals surface area contributed by atoms with E-state index in [0.29, 0.717) is 12.2 Å². The first-order valence-electron chi connectivity index (χ1n) is 12.8. The van der Waals surface area contributed by atoms with Crippen LogP contribution in [0.2, 0.25) is 0 Å². The van der Waals surface area contributed by atoms with Crippen LogP contribution in [0.3, 0.4) is 0 Å². The minimum absolute atomic E-state index is 0.0573.